The van der Waals surface area contributed by atoms with Gasteiger partial charge in [0.05, 0.1) is 17.6 Å². The highest BCUT2D eigenvalue weighted by atomic mass is 16.6. The second-order valence-electron chi connectivity index (χ2n) is 10.8. The van der Waals surface area contributed by atoms with Crippen molar-refractivity contribution in [1.29, 1.82) is 0 Å². The number of amides is 1. The molecule has 0 radical (unpaired) electrons. The van der Waals surface area contributed by atoms with Crippen LogP contribution in [0.25, 0.3) is 11.0 Å². The predicted octanol–water partition coefficient (Wildman–Crippen LogP) is 3.14. The lowest BCUT2D eigenvalue weighted by Gasteiger charge is -2.33. The quantitative estimate of drug-likeness (QED) is 0.182. The topological polar surface area (TPSA) is 161 Å². The summed E-state index contributed by atoms with van der Waals surface area (Å²) >= 11 is 0. The standard InChI is InChI=1S/C31H35N7O6/c1-20-17-38(18-26(28(40)44-21(2)39)35-31(42)43-19-23-8-4-3-5-9-23)30(41)36-27(20)37-14-12-22(13-15-37)16-32-29-33-24-10-6-7-11-25(24)34-29/h3-11,17,22,26H,12-16,18-19H2,1-2H3,(H,35,42)(H2,32,33,34)/t26-/m0/s1. The molecule has 0 unspecified atom stereocenters. The van der Waals surface area contributed by atoms with Crippen LogP contribution in [0.15, 0.2) is 65.6 Å². The Labute approximate surface area is 253 Å². The van der Waals surface area contributed by atoms with E-state index >= 15 is 0 Å². The molecule has 44 heavy (non-hydrogen) atoms. The molecule has 1 atom stereocenters. The van der Waals surface area contributed by atoms with Crippen molar-refractivity contribution in [3.8, 4) is 0 Å². The van der Waals surface area contributed by atoms with Crippen molar-refractivity contribution in [2.24, 2.45) is 5.92 Å². The zero-order chi connectivity index (χ0) is 31.1. The molecule has 5 rings (SSSR count). The number of aryl methyl sites for hydroxylation is 1. The number of ether oxygens (including phenoxy) is 2. The molecular weight excluding hydrogens is 566 g/mol. The number of alkyl carbamates (subject to hydrolysis) is 1. The van der Waals surface area contributed by atoms with E-state index in [-0.39, 0.29) is 13.2 Å². The smallest absolute Gasteiger partial charge is 0.408 e. The summed E-state index contributed by atoms with van der Waals surface area (Å²) in [6.45, 7) is 4.82. The molecule has 0 aliphatic carbocycles. The Balaban J connectivity index is 1.18. The minimum absolute atomic E-state index is 0.0247. The SMILES string of the molecule is CC(=O)OC(=O)[C@H](Cn1cc(C)c(N2CCC(CNc3nc4ccccc4[nH]3)CC2)nc1=O)NC(=O)OCc1ccccc1. The second-order valence-corrected chi connectivity index (χ2v) is 10.8. The summed E-state index contributed by atoms with van der Waals surface area (Å²) in [5.41, 5.74) is 2.79. The lowest BCUT2D eigenvalue weighted by Crippen LogP contribution is -2.47. The monoisotopic (exact) mass is 601 g/mol. The molecule has 4 aromatic rings. The van der Waals surface area contributed by atoms with Gasteiger partial charge in [-0.05, 0) is 43.4 Å². The van der Waals surface area contributed by atoms with Crippen LogP contribution in [-0.2, 0) is 32.2 Å². The Bertz CT molecular complexity index is 1640. The largest absolute Gasteiger partial charge is 0.445 e. The van der Waals surface area contributed by atoms with E-state index in [1.165, 1.54) is 4.57 Å². The number of anilines is 2. The summed E-state index contributed by atoms with van der Waals surface area (Å²) in [6.07, 6.45) is 2.51. The number of para-hydroxylation sites is 2. The number of carbonyl (C=O) groups excluding carboxylic acids is 3. The van der Waals surface area contributed by atoms with E-state index in [1.807, 2.05) is 37.3 Å². The first kappa shape index (κ1) is 30.3. The van der Waals surface area contributed by atoms with Gasteiger partial charge < -0.3 is 30.0 Å². The van der Waals surface area contributed by atoms with Crippen LogP contribution in [0.3, 0.4) is 0 Å². The Morgan fingerprint density at radius 1 is 1.05 bits per heavy atom. The van der Waals surface area contributed by atoms with Crippen LogP contribution < -0.4 is 21.2 Å². The third kappa shape index (κ3) is 7.79. The van der Waals surface area contributed by atoms with Gasteiger partial charge in [0.1, 0.15) is 18.5 Å². The van der Waals surface area contributed by atoms with Gasteiger partial charge in [-0.15, -0.1) is 0 Å². The van der Waals surface area contributed by atoms with Crippen LogP contribution in [0.2, 0.25) is 0 Å². The number of hydrogen-bond acceptors (Lipinski definition) is 10. The highest BCUT2D eigenvalue weighted by Gasteiger charge is 2.27. The number of benzene rings is 2. The molecule has 1 saturated heterocycles. The van der Waals surface area contributed by atoms with Crippen molar-refractivity contribution in [2.75, 3.05) is 29.9 Å². The third-order valence-electron chi connectivity index (χ3n) is 7.42. The highest BCUT2D eigenvalue weighted by molar-refractivity contribution is 5.89. The van der Waals surface area contributed by atoms with Crippen LogP contribution in [0.5, 0.6) is 0 Å². The van der Waals surface area contributed by atoms with Gasteiger partial charge >= 0.3 is 23.7 Å². The summed E-state index contributed by atoms with van der Waals surface area (Å²) in [5.74, 6) is -0.0955. The highest BCUT2D eigenvalue weighted by Crippen LogP contribution is 2.24. The van der Waals surface area contributed by atoms with Gasteiger partial charge in [-0.1, -0.05) is 42.5 Å². The number of nitrogens with one attached hydrogen (secondary N) is 3. The lowest BCUT2D eigenvalue weighted by molar-refractivity contribution is -0.159. The maximum atomic E-state index is 13.1. The molecular formula is C31H35N7O6. The van der Waals surface area contributed by atoms with Crippen molar-refractivity contribution in [3.05, 3.63) is 82.4 Å². The van der Waals surface area contributed by atoms with E-state index in [4.69, 9.17) is 9.47 Å². The predicted molar refractivity (Wildman–Crippen MR) is 163 cm³/mol. The zero-order valence-electron chi connectivity index (χ0n) is 24.6. The third-order valence-corrected chi connectivity index (χ3v) is 7.42. The Morgan fingerprint density at radius 2 is 1.77 bits per heavy atom. The molecule has 230 valence electrons. The lowest BCUT2D eigenvalue weighted by atomic mass is 9.96. The van der Waals surface area contributed by atoms with Gasteiger partial charge in [0.25, 0.3) is 0 Å². The number of hydrogen-bond donors (Lipinski definition) is 3. The van der Waals surface area contributed by atoms with Crippen molar-refractivity contribution in [3.63, 3.8) is 0 Å². The average molecular weight is 602 g/mol. The summed E-state index contributed by atoms with van der Waals surface area (Å²) in [4.78, 5) is 63.8. The van der Waals surface area contributed by atoms with E-state index in [0.717, 1.165) is 67.5 Å². The summed E-state index contributed by atoms with van der Waals surface area (Å²) in [7, 11) is 0. The van der Waals surface area contributed by atoms with Gasteiger partial charge in [0.15, 0.2) is 0 Å². The molecule has 1 aliphatic rings. The number of piperidine rings is 1. The number of H-pyrrole nitrogens is 1. The molecule has 3 heterocycles. The molecule has 3 N–H and O–H groups in total. The number of fused-ring (bicyclic) bond motifs is 1. The van der Waals surface area contributed by atoms with Crippen molar-refractivity contribution in [1.82, 2.24) is 24.8 Å². The fourth-order valence-corrected chi connectivity index (χ4v) is 5.16. The molecule has 0 bridgehead atoms. The van der Waals surface area contributed by atoms with Crippen molar-refractivity contribution in [2.45, 2.75) is 45.9 Å². The van der Waals surface area contributed by atoms with Gasteiger partial charge in [-0.2, -0.15) is 4.98 Å². The molecule has 2 aromatic heterocycles. The zero-order valence-corrected chi connectivity index (χ0v) is 24.6. The maximum absolute atomic E-state index is 13.1. The summed E-state index contributed by atoms with van der Waals surface area (Å²) in [6, 6.07) is 15.5. The molecule has 1 fully saturated rings. The van der Waals surface area contributed by atoms with E-state index in [0.29, 0.717) is 11.7 Å². The van der Waals surface area contributed by atoms with E-state index in [2.05, 4.69) is 30.5 Å². The number of carbonyl (C=O) groups is 3. The fraction of sp³-hybridized carbons (Fsp3) is 0.355. The first-order valence-electron chi connectivity index (χ1n) is 14.5. The fourth-order valence-electron chi connectivity index (χ4n) is 5.16. The molecule has 13 nitrogen and oxygen atoms in total. The number of aromatic nitrogens is 4. The van der Waals surface area contributed by atoms with E-state index < -0.39 is 29.8 Å². The van der Waals surface area contributed by atoms with Crippen molar-refractivity contribution >= 4 is 40.8 Å². The molecule has 0 spiro atoms. The first-order valence-corrected chi connectivity index (χ1v) is 14.5. The van der Waals surface area contributed by atoms with E-state index in [1.54, 1.807) is 30.5 Å². The van der Waals surface area contributed by atoms with Crippen LogP contribution in [0.1, 0.15) is 30.9 Å². The molecule has 1 aliphatic heterocycles. The summed E-state index contributed by atoms with van der Waals surface area (Å²) in [5, 5.41) is 5.81. The van der Waals surface area contributed by atoms with Crippen molar-refractivity contribution < 1.29 is 23.9 Å². The molecule has 13 heteroatoms. The van der Waals surface area contributed by atoms with Crippen LogP contribution in [0, 0.1) is 12.8 Å². The number of rotatable bonds is 10. The van der Waals surface area contributed by atoms with Crippen LogP contribution in [-0.4, -0.2) is 63.2 Å². The molecule has 0 saturated carbocycles. The number of nitrogens with zero attached hydrogens (tertiary/aromatic N) is 4. The Morgan fingerprint density at radius 3 is 2.50 bits per heavy atom. The van der Waals surface area contributed by atoms with E-state index in [9.17, 15) is 19.2 Å². The van der Waals surface area contributed by atoms with Gasteiger partial charge in [0.2, 0.25) is 5.95 Å². The number of esters is 2. The van der Waals surface area contributed by atoms with Gasteiger partial charge in [-0.25, -0.2) is 19.4 Å². The second kappa shape index (κ2) is 13.8. The summed E-state index contributed by atoms with van der Waals surface area (Å²) < 4.78 is 11.1. The Kier molecular flexibility index (Phi) is 9.52. The van der Waals surface area contributed by atoms with Crippen LogP contribution >= 0.6 is 0 Å². The Hall–Kier alpha value is -5.20. The van der Waals surface area contributed by atoms with Gasteiger partial charge in [-0.3, -0.25) is 9.36 Å². The minimum atomic E-state index is -1.36. The number of imidazole rings is 1. The molecule has 2 aromatic carbocycles. The number of aromatic amines is 1. The molecule has 1 amide bonds. The average Bonchev–Trinajstić information content (AvgIpc) is 3.44. The normalized spacial score (nSPS) is 14.2. The first-order chi connectivity index (χ1) is 21.2. The minimum Gasteiger partial charge on any atom is -0.445 e. The maximum Gasteiger partial charge on any atom is 0.408 e. The van der Waals surface area contributed by atoms with Crippen LogP contribution in [0.4, 0.5) is 16.6 Å². The van der Waals surface area contributed by atoms with Gasteiger partial charge in [0, 0.05) is 38.3 Å².